The Morgan fingerprint density at radius 3 is 3.00 bits per heavy atom. The van der Waals surface area contributed by atoms with Gasteiger partial charge in [0.05, 0.1) is 0 Å². The molecule has 0 fully saturated rings. The molecule has 2 aromatic heterocycles. The zero-order chi connectivity index (χ0) is 13.3. The van der Waals surface area contributed by atoms with E-state index in [2.05, 4.69) is 9.71 Å². The van der Waals surface area contributed by atoms with Crippen LogP contribution in [-0.2, 0) is 10.0 Å². The van der Waals surface area contributed by atoms with Gasteiger partial charge < -0.3 is 0 Å². The van der Waals surface area contributed by atoms with Crippen molar-refractivity contribution in [2.24, 2.45) is 0 Å². The fraction of sp³-hybridized carbons (Fsp3) is 0.500. The number of hydrogen-bond donors (Lipinski definition) is 1. The SMILES string of the molecule is CCCC(C)NS(=O)(=O)c1c(Cl)nc2sccn12. The third-order valence-electron chi connectivity index (χ3n) is 2.51. The summed E-state index contributed by atoms with van der Waals surface area (Å²) in [6, 6.07) is -0.125. The summed E-state index contributed by atoms with van der Waals surface area (Å²) < 4.78 is 28.6. The molecule has 0 bridgehead atoms. The Kier molecular flexibility index (Phi) is 3.96. The molecule has 0 aliphatic carbocycles. The van der Waals surface area contributed by atoms with E-state index < -0.39 is 10.0 Å². The number of sulfonamides is 1. The first-order chi connectivity index (χ1) is 8.45. The van der Waals surface area contributed by atoms with Crippen LogP contribution in [0.2, 0.25) is 5.15 Å². The Morgan fingerprint density at radius 2 is 2.33 bits per heavy atom. The van der Waals surface area contributed by atoms with E-state index in [9.17, 15) is 8.42 Å². The lowest BCUT2D eigenvalue weighted by molar-refractivity contribution is 0.540. The number of nitrogens with one attached hydrogen (secondary N) is 1. The third kappa shape index (κ3) is 2.54. The number of rotatable bonds is 5. The molecule has 0 radical (unpaired) electrons. The van der Waals surface area contributed by atoms with Gasteiger partial charge in [0.25, 0.3) is 10.0 Å². The van der Waals surface area contributed by atoms with Crippen LogP contribution in [0.3, 0.4) is 0 Å². The van der Waals surface area contributed by atoms with Crippen LogP contribution in [0, 0.1) is 0 Å². The quantitative estimate of drug-likeness (QED) is 0.923. The van der Waals surface area contributed by atoms with Gasteiger partial charge in [-0.25, -0.2) is 18.1 Å². The second-order valence-electron chi connectivity index (χ2n) is 4.07. The Labute approximate surface area is 115 Å². The van der Waals surface area contributed by atoms with Gasteiger partial charge in [-0.2, -0.15) is 0 Å². The number of hydrogen-bond acceptors (Lipinski definition) is 4. The standard InChI is InChI=1S/C10H14ClN3O2S2/c1-3-4-7(2)13-18(15,16)9-8(11)12-10-14(9)5-6-17-10/h5-7,13H,3-4H2,1-2H3. The highest BCUT2D eigenvalue weighted by atomic mass is 35.5. The van der Waals surface area contributed by atoms with Crippen molar-refractivity contribution < 1.29 is 8.42 Å². The Morgan fingerprint density at radius 1 is 1.61 bits per heavy atom. The predicted molar refractivity (Wildman–Crippen MR) is 72.8 cm³/mol. The van der Waals surface area contributed by atoms with Gasteiger partial charge in [-0.15, -0.1) is 11.3 Å². The number of fused-ring (bicyclic) bond motifs is 1. The minimum Gasteiger partial charge on any atom is -0.279 e. The van der Waals surface area contributed by atoms with Crippen LogP contribution in [0.5, 0.6) is 0 Å². The Hall–Kier alpha value is -0.630. The molecule has 0 aliphatic rings. The van der Waals surface area contributed by atoms with Crippen LogP contribution in [-0.4, -0.2) is 23.8 Å². The van der Waals surface area contributed by atoms with Crippen molar-refractivity contribution in [2.75, 3.05) is 0 Å². The monoisotopic (exact) mass is 307 g/mol. The molecule has 0 spiro atoms. The van der Waals surface area contributed by atoms with Crippen molar-refractivity contribution in [3.05, 3.63) is 16.7 Å². The molecule has 1 atom stereocenters. The predicted octanol–water partition coefficient (Wildman–Crippen LogP) is 2.52. The molecule has 18 heavy (non-hydrogen) atoms. The van der Waals surface area contributed by atoms with E-state index in [0.29, 0.717) is 4.96 Å². The van der Waals surface area contributed by atoms with E-state index in [-0.39, 0.29) is 16.2 Å². The maximum Gasteiger partial charge on any atom is 0.260 e. The Balaban J connectivity index is 2.40. The zero-order valence-electron chi connectivity index (χ0n) is 10.1. The van der Waals surface area contributed by atoms with E-state index in [1.807, 2.05) is 13.8 Å². The topological polar surface area (TPSA) is 63.5 Å². The molecular weight excluding hydrogens is 294 g/mol. The zero-order valence-corrected chi connectivity index (χ0v) is 12.4. The van der Waals surface area contributed by atoms with E-state index in [0.717, 1.165) is 12.8 Å². The van der Waals surface area contributed by atoms with Gasteiger partial charge in [0.1, 0.15) is 0 Å². The Bertz CT molecular complexity index is 647. The van der Waals surface area contributed by atoms with Crippen molar-refractivity contribution in [1.82, 2.24) is 14.1 Å². The highest BCUT2D eigenvalue weighted by molar-refractivity contribution is 7.89. The second-order valence-corrected chi connectivity index (χ2v) is 6.93. The summed E-state index contributed by atoms with van der Waals surface area (Å²) >= 11 is 7.25. The van der Waals surface area contributed by atoms with Crippen molar-refractivity contribution in [2.45, 2.75) is 37.8 Å². The van der Waals surface area contributed by atoms with Gasteiger partial charge in [-0.3, -0.25) is 4.40 Å². The minimum atomic E-state index is -3.64. The fourth-order valence-electron chi connectivity index (χ4n) is 1.79. The van der Waals surface area contributed by atoms with Crippen LogP contribution in [0.15, 0.2) is 16.6 Å². The summed E-state index contributed by atoms with van der Waals surface area (Å²) in [4.78, 5) is 4.59. The molecule has 0 saturated carbocycles. The molecule has 0 saturated heterocycles. The maximum atomic E-state index is 12.3. The molecule has 5 nitrogen and oxygen atoms in total. The van der Waals surface area contributed by atoms with Gasteiger partial charge in [-0.1, -0.05) is 24.9 Å². The summed E-state index contributed by atoms with van der Waals surface area (Å²) in [6.07, 6.45) is 3.35. The van der Waals surface area contributed by atoms with E-state index in [1.165, 1.54) is 15.7 Å². The molecule has 8 heteroatoms. The summed E-state index contributed by atoms with van der Waals surface area (Å²) in [7, 11) is -3.64. The molecule has 1 unspecified atom stereocenters. The summed E-state index contributed by atoms with van der Waals surface area (Å²) in [5.74, 6) is 0. The van der Waals surface area contributed by atoms with Gasteiger partial charge in [0.15, 0.2) is 15.1 Å². The smallest absolute Gasteiger partial charge is 0.260 e. The van der Waals surface area contributed by atoms with Gasteiger partial charge in [0.2, 0.25) is 0 Å². The van der Waals surface area contributed by atoms with Crippen LogP contribution in [0.4, 0.5) is 0 Å². The highest BCUT2D eigenvalue weighted by Gasteiger charge is 2.26. The van der Waals surface area contributed by atoms with Crippen LogP contribution in [0.25, 0.3) is 4.96 Å². The molecule has 2 aromatic rings. The van der Waals surface area contributed by atoms with Crippen molar-refractivity contribution in [3.8, 4) is 0 Å². The maximum absolute atomic E-state index is 12.3. The molecule has 2 heterocycles. The van der Waals surface area contributed by atoms with Crippen molar-refractivity contribution in [1.29, 1.82) is 0 Å². The average Bonchev–Trinajstić information content (AvgIpc) is 2.75. The largest absolute Gasteiger partial charge is 0.279 e. The van der Waals surface area contributed by atoms with Crippen molar-refractivity contribution >= 4 is 37.9 Å². The van der Waals surface area contributed by atoms with Crippen LogP contribution >= 0.6 is 22.9 Å². The molecule has 0 aliphatic heterocycles. The lowest BCUT2D eigenvalue weighted by atomic mass is 10.2. The van der Waals surface area contributed by atoms with Crippen molar-refractivity contribution in [3.63, 3.8) is 0 Å². The van der Waals surface area contributed by atoms with E-state index >= 15 is 0 Å². The lowest BCUT2D eigenvalue weighted by Gasteiger charge is -2.12. The number of thiazole rings is 1. The molecule has 2 rings (SSSR count). The molecule has 0 aromatic carbocycles. The minimum absolute atomic E-state index is 0.0121. The van der Waals surface area contributed by atoms with Crippen LogP contribution < -0.4 is 4.72 Å². The average molecular weight is 308 g/mol. The summed E-state index contributed by atoms with van der Waals surface area (Å²) in [6.45, 7) is 3.84. The third-order valence-corrected chi connectivity index (χ3v) is 5.26. The molecule has 100 valence electrons. The normalized spacial score (nSPS) is 14.2. The summed E-state index contributed by atoms with van der Waals surface area (Å²) in [5, 5.41) is 1.80. The molecule has 0 amide bonds. The fourth-order valence-corrected chi connectivity index (χ4v) is 4.52. The van der Waals surface area contributed by atoms with E-state index in [4.69, 9.17) is 11.6 Å². The first-order valence-corrected chi connectivity index (χ1v) is 8.33. The number of imidazole rings is 1. The number of nitrogens with zero attached hydrogens (tertiary/aromatic N) is 2. The van der Waals surface area contributed by atoms with Crippen LogP contribution in [0.1, 0.15) is 26.7 Å². The molecular formula is C10H14ClN3O2S2. The first-order valence-electron chi connectivity index (χ1n) is 5.59. The lowest BCUT2D eigenvalue weighted by Crippen LogP contribution is -2.33. The van der Waals surface area contributed by atoms with Gasteiger partial charge in [0, 0.05) is 17.6 Å². The van der Waals surface area contributed by atoms with E-state index in [1.54, 1.807) is 11.6 Å². The van der Waals surface area contributed by atoms with Gasteiger partial charge >= 0.3 is 0 Å². The summed E-state index contributed by atoms with van der Waals surface area (Å²) in [5.41, 5.74) is 0. The van der Waals surface area contributed by atoms with Gasteiger partial charge in [-0.05, 0) is 13.3 Å². The highest BCUT2D eigenvalue weighted by Crippen LogP contribution is 2.25. The second kappa shape index (κ2) is 5.16. The number of halogens is 1. The first kappa shape index (κ1) is 13.8. The number of aromatic nitrogens is 2. The molecule has 1 N–H and O–H groups in total.